The van der Waals surface area contributed by atoms with Gasteiger partial charge < -0.3 is 10.5 Å². The van der Waals surface area contributed by atoms with Crippen LogP contribution < -0.4 is 15.6 Å². The van der Waals surface area contributed by atoms with Crippen molar-refractivity contribution in [3.63, 3.8) is 0 Å². The lowest BCUT2D eigenvalue weighted by Crippen LogP contribution is -2.28. The number of anilines is 1. The quantitative estimate of drug-likeness (QED) is 0.837. The normalized spacial score (nSPS) is 19.8. The second-order valence-corrected chi connectivity index (χ2v) is 7.79. The van der Waals surface area contributed by atoms with E-state index in [1.54, 1.807) is 0 Å². The number of primary sulfonamides is 1. The van der Waals surface area contributed by atoms with Gasteiger partial charge in [-0.3, -0.25) is 0 Å². The van der Waals surface area contributed by atoms with Gasteiger partial charge in [0.2, 0.25) is 10.0 Å². The summed E-state index contributed by atoms with van der Waals surface area (Å²) in [7, 11) is -3.74. The Kier molecular flexibility index (Phi) is 3.97. The number of ether oxygens (including phenoxy) is 1. The monoisotopic (exact) mass is 298 g/mol. The van der Waals surface area contributed by atoms with Gasteiger partial charge >= 0.3 is 0 Å². The van der Waals surface area contributed by atoms with E-state index in [9.17, 15) is 8.42 Å². The molecule has 20 heavy (non-hydrogen) atoms. The highest BCUT2D eigenvalue weighted by atomic mass is 32.2. The number of hydrogen-bond donors (Lipinski definition) is 2. The molecule has 6 heteroatoms. The molecular weight excluding hydrogens is 276 g/mol. The summed E-state index contributed by atoms with van der Waals surface area (Å²) >= 11 is 0. The minimum Gasteiger partial charge on any atom is -0.488 e. The summed E-state index contributed by atoms with van der Waals surface area (Å²) in [5.41, 5.74) is 6.63. The molecular formula is C14H22N2O3S. The minimum atomic E-state index is -3.74. The van der Waals surface area contributed by atoms with E-state index in [0.29, 0.717) is 16.9 Å². The summed E-state index contributed by atoms with van der Waals surface area (Å²) in [6, 6.07) is 4.31. The average molecular weight is 298 g/mol. The summed E-state index contributed by atoms with van der Waals surface area (Å²) < 4.78 is 28.6. The highest BCUT2D eigenvalue weighted by molar-refractivity contribution is 7.89. The van der Waals surface area contributed by atoms with Crippen molar-refractivity contribution in [1.82, 2.24) is 0 Å². The SMILES string of the molecule is CC1(C)CCC(Oc2cc(S(N)(=O)=O)ccc2N)CC1. The van der Waals surface area contributed by atoms with E-state index in [4.69, 9.17) is 15.6 Å². The standard InChI is InChI=1S/C14H22N2O3S/c1-14(2)7-5-10(6-8-14)19-13-9-11(20(16,17)18)3-4-12(13)15/h3-4,9-10H,5-8,15H2,1-2H3,(H2,16,17,18). The summed E-state index contributed by atoms with van der Waals surface area (Å²) in [5, 5.41) is 5.12. The van der Waals surface area contributed by atoms with Gasteiger partial charge in [0.1, 0.15) is 5.75 Å². The van der Waals surface area contributed by atoms with Crippen LogP contribution in [0.15, 0.2) is 23.1 Å². The van der Waals surface area contributed by atoms with E-state index in [2.05, 4.69) is 13.8 Å². The van der Waals surface area contributed by atoms with Gasteiger partial charge in [0, 0.05) is 6.07 Å². The van der Waals surface area contributed by atoms with Gasteiger partial charge in [-0.05, 0) is 43.2 Å². The third-order valence-electron chi connectivity index (χ3n) is 3.89. The van der Waals surface area contributed by atoms with Crippen LogP contribution in [-0.2, 0) is 10.0 Å². The molecule has 1 aromatic carbocycles. The summed E-state index contributed by atoms with van der Waals surface area (Å²) in [5.74, 6) is 0.404. The van der Waals surface area contributed by atoms with Crippen molar-refractivity contribution < 1.29 is 13.2 Å². The van der Waals surface area contributed by atoms with Crippen LogP contribution in [0.3, 0.4) is 0 Å². The van der Waals surface area contributed by atoms with Gasteiger partial charge in [0.25, 0.3) is 0 Å². The molecule has 0 aliphatic heterocycles. The fraction of sp³-hybridized carbons (Fsp3) is 0.571. The van der Waals surface area contributed by atoms with Crippen LogP contribution in [0.2, 0.25) is 0 Å². The van der Waals surface area contributed by atoms with Crippen LogP contribution in [0.1, 0.15) is 39.5 Å². The molecule has 2 rings (SSSR count). The zero-order valence-corrected chi connectivity index (χ0v) is 12.7. The number of nitrogens with two attached hydrogens (primary N) is 2. The molecule has 0 unspecified atom stereocenters. The zero-order chi connectivity index (χ0) is 15.0. The van der Waals surface area contributed by atoms with Gasteiger partial charge in [-0.2, -0.15) is 0 Å². The van der Waals surface area contributed by atoms with Crippen molar-refractivity contribution >= 4 is 15.7 Å². The first-order chi connectivity index (χ1) is 9.17. The second-order valence-electron chi connectivity index (χ2n) is 6.23. The molecule has 0 spiro atoms. The van der Waals surface area contributed by atoms with E-state index in [1.165, 1.54) is 18.2 Å². The van der Waals surface area contributed by atoms with Crippen LogP contribution >= 0.6 is 0 Å². The van der Waals surface area contributed by atoms with E-state index in [1.807, 2.05) is 0 Å². The third-order valence-corrected chi connectivity index (χ3v) is 4.80. The fourth-order valence-electron chi connectivity index (χ4n) is 2.46. The molecule has 1 saturated carbocycles. The molecule has 0 saturated heterocycles. The van der Waals surface area contributed by atoms with Gasteiger partial charge in [0.15, 0.2) is 0 Å². The van der Waals surface area contributed by atoms with E-state index < -0.39 is 10.0 Å². The number of rotatable bonds is 3. The van der Waals surface area contributed by atoms with E-state index >= 15 is 0 Å². The van der Waals surface area contributed by atoms with E-state index in [-0.39, 0.29) is 11.0 Å². The van der Waals surface area contributed by atoms with Crippen LogP contribution in [-0.4, -0.2) is 14.5 Å². The molecule has 5 nitrogen and oxygen atoms in total. The molecule has 1 aromatic rings. The topological polar surface area (TPSA) is 95.4 Å². The van der Waals surface area contributed by atoms with Crippen molar-refractivity contribution in [1.29, 1.82) is 0 Å². The number of sulfonamides is 1. The van der Waals surface area contributed by atoms with Crippen LogP contribution in [0.4, 0.5) is 5.69 Å². The Balaban J connectivity index is 2.14. The summed E-state index contributed by atoms with van der Waals surface area (Å²) in [6.07, 6.45) is 4.16. The van der Waals surface area contributed by atoms with Gasteiger partial charge in [-0.25, -0.2) is 13.6 Å². The molecule has 1 aliphatic carbocycles. The predicted octanol–water partition coefficient (Wildman–Crippen LogP) is 2.26. The van der Waals surface area contributed by atoms with Crippen LogP contribution in [0.25, 0.3) is 0 Å². The molecule has 0 atom stereocenters. The molecule has 0 aromatic heterocycles. The lowest BCUT2D eigenvalue weighted by Gasteiger charge is -2.34. The first-order valence-corrected chi connectivity index (χ1v) is 8.31. The maximum Gasteiger partial charge on any atom is 0.238 e. The molecule has 0 bridgehead atoms. The predicted molar refractivity (Wildman–Crippen MR) is 78.9 cm³/mol. The lowest BCUT2D eigenvalue weighted by molar-refractivity contribution is 0.0992. The first-order valence-electron chi connectivity index (χ1n) is 6.76. The Hall–Kier alpha value is -1.27. The van der Waals surface area contributed by atoms with Gasteiger partial charge in [-0.15, -0.1) is 0 Å². The molecule has 112 valence electrons. The van der Waals surface area contributed by atoms with Crippen molar-refractivity contribution in [3.8, 4) is 5.75 Å². The van der Waals surface area contributed by atoms with Crippen molar-refractivity contribution in [3.05, 3.63) is 18.2 Å². The maximum atomic E-state index is 11.4. The Morgan fingerprint density at radius 2 is 1.85 bits per heavy atom. The summed E-state index contributed by atoms with van der Waals surface area (Å²) in [6.45, 7) is 4.50. The van der Waals surface area contributed by atoms with Crippen molar-refractivity contribution in [2.75, 3.05) is 5.73 Å². The number of benzene rings is 1. The molecule has 1 aliphatic rings. The van der Waals surface area contributed by atoms with Crippen molar-refractivity contribution in [2.24, 2.45) is 10.6 Å². The second kappa shape index (κ2) is 5.26. The number of hydrogen-bond acceptors (Lipinski definition) is 4. The maximum absolute atomic E-state index is 11.4. The molecule has 1 fully saturated rings. The Bertz CT molecular complexity index is 586. The summed E-state index contributed by atoms with van der Waals surface area (Å²) in [4.78, 5) is 0.0258. The van der Waals surface area contributed by atoms with Crippen LogP contribution in [0.5, 0.6) is 5.75 Å². The van der Waals surface area contributed by atoms with E-state index in [0.717, 1.165) is 25.7 Å². The Morgan fingerprint density at radius 3 is 2.40 bits per heavy atom. The number of nitrogen functional groups attached to an aromatic ring is 1. The Morgan fingerprint density at radius 1 is 1.25 bits per heavy atom. The highest BCUT2D eigenvalue weighted by Gasteiger charge is 2.28. The van der Waals surface area contributed by atoms with Crippen molar-refractivity contribution in [2.45, 2.75) is 50.5 Å². The minimum absolute atomic E-state index is 0.0258. The molecule has 0 radical (unpaired) electrons. The fourth-order valence-corrected chi connectivity index (χ4v) is 2.99. The van der Waals surface area contributed by atoms with Gasteiger partial charge in [0.05, 0.1) is 16.7 Å². The first kappa shape index (κ1) is 15.1. The average Bonchev–Trinajstić information content (AvgIpc) is 2.33. The zero-order valence-electron chi connectivity index (χ0n) is 11.9. The van der Waals surface area contributed by atoms with Crippen LogP contribution in [0, 0.1) is 5.41 Å². The third kappa shape index (κ3) is 3.64. The largest absolute Gasteiger partial charge is 0.488 e. The smallest absolute Gasteiger partial charge is 0.238 e. The van der Waals surface area contributed by atoms with Gasteiger partial charge in [-0.1, -0.05) is 13.8 Å². The highest BCUT2D eigenvalue weighted by Crippen LogP contribution is 2.37. The molecule has 4 N–H and O–H groups in total. The molecule has 0 heterocycles. The lowest BCUT2D eigenvalue weighted by atomic mass is 9.76. The molecule has 0 amide bonds. The Labute approximate surface area is 120 Å².